The van der Waals surface area contributed by atoms with Gasteiger partial charge in [-0.2, -0.15) is 5.26 Å². The quantitative estimate of drug-likeness (QED) is 0.296. The van der Waals surface area contributed by atoms with Gasteiger partial charge < -0.3 is 14.2 Å². The average Bonchev–Trinajstić information content (AvgIpc) is 3.42. The molecule has 3 aromatic carbocycles. The van der Waals surface area contributed by atoms with Gasteiger partial charge in [-0.25, -0.2) is 0 Å². The highest BCUT2D eigenvalue weighted by Crippen LogP contribution is 2.28. The lowest BCUT2D eigenvalue weighted by atomic mass is 10.0. The van der Waals surface area contributed by atoms with E-state index in [0.717, 1.165) is 47.1 Å². The molecule has 0 aromatic heterocycles. The highest BCUT2D eigenvalue weighted by atomic mass is 16.5. The summed E-state index contributed by atoms with van der Waals surface area (Å²) in [6, 6.07) is 27.7. The van der Waals surface area contributed by atoms with Crippen molar-refractivity contribution in [3.05, 3.63) is 89.5 Å². The van der Waals surface area contributed by atoms with Crippen molar-refractivity contribution in [1.82, 2.24) is 4.90 Å². The zero-order valence-corrected chi connectivity index (χ0v) is 20.2. The van der Waals surface area contributed by atoms with Crippen LogP contribution >= 0.6 is 0 Å². The van der Waals surface area contributed by atoms with E-state index in [9.17, 15) is 0 Å². The van der Waals surface area contributed by atoms with Gasteiger partial charge in [0.15, 0.2) is 0 Å². The van der Waals surface area contributed by atoms with Gasteiger partial charge >= 0.3 is 0 Å². The Hall–Kier alpha value is -3.49. The Kier molecular flexibility index (Phi) is 9.44. The Bertz CT molecular complexity index is 1070. The third-order valence-corrected chi connectivity index (χ3v) is 6.08. The van der Waals surface area contributed by atoms with Crippen LogP contribution in [-0.2, 0) is 13.0 Å². The lowest BCUT2D eigenvalue weighted by Gasteiger charge is -2.15. The van der Waals surface area contributed by atoms with Crippen molar-refractivity contribution in [2.24, 2.45) is 0 Å². The summed E-state index contributed by atoms with van der Waals surface area (Å²) in [4.78, 5) is 2.45. The Balaban J connectivity index is 1.36. The predicted molar refractivity (Wildman–Crippen MR) is 137 cm³/mol. The molecule has 0 saturated carbocycles. The van der Waals surface area contributed by atoms with Crippen molar-refractivity contribution >= 4 is 0 Å². The molecule has 181 valence electrons. The molecule has 1 saturated heterocycles. The molecule has 1 aliphatic rings. The van der Waals surface area contributed by atoms with E-state index in [2.05, 4.69) is 29.2 Å². The maximum Gasteiger partial charge on any atom is 0.127 e. The maximum absolute atomic E-state index is 8.82. The number of hydrogen-bond acceptors (Lipinski definition) is 5. The summed E-state index contributed by atoms with van der Waals surface area (Å²) in [5.74, 6) is 2.36. The molecule has 1 radical (unpaired) electrons. The monoisotopic (exact) mass is 469 g/mol. The minimum absolute atomic E-state index is 0.475. The smallest absolute Gasteiger partial charge is 0.127 e. The SMILES string of the molecule is N#CCCCOc1cc(OCc2ccccc2)c[c]c1Cc1ccc(OCCN2CCCC2)cc1. The second-order valence-electron chi connectivity index (χ2n) is 8.78. The summed E-state index contributed by atoms with van der Waals surface area (Å²) in [5.41, 5.74) is 3.24. The molecule has 4 rings (SSSR count). The second kappa shape index (κ2) is 13.4. The van der Waals surface area contributed by atoms with Crippen LogP contribution in [0.1, 0.15) is 42.4 Å². The van der Waals surface area contributed by atoms with Crippen LogP contribution in [0.4, 0.5) is 0 Å². The van der Waals surface area contributed by atoms with Crippen LogP contribution in [0.3, 0.4) is 0 Å². The van der Waals surface area contributed by atoms with Gasteiger partial charge in [0.2, 0.25) is 0 Å². The topological polar surface area (TPSA) is 54.7 Å². The minimum Gasteiger partial charge on any atom is -0.493 e. The molecule has 5 heteroatoms. The third kappa shape index (κ3) is 8.05. The standard InChI is InChI=1S/C30H33N2O3/c31-16-4-7-20-34-30-23-29(35-24-26-8-2-1-3-9-26)15-12-27(30)22-25-10-13-28(14-11-25)33-21-19-32-17-5-6-18-32/h1-3,8-11,13-15,23H,4-7,17-22,24H2. The Morgan fingerprint density at radius 3 is 2.43 bits per heavy atom. The molecule has 0 bridgehead atoms. The highest BCUT2D eigenvalue weighted by molar-refractivity contribution is 5.43. The summed E-state index contributed by atoms with van der Waals surface area (Å²) in [6.07, 6.45) is 4.46. The number of likely N-dealkylation sites (tertiary alicyclic amines) is 1. The van der Waals surface area contributed by atoms with Crippen molar-refractivity contribution in [1.29, 1.82) is 5.26 Å². The highest BCUT2D eigenvalue weighted by Gasteiger charge is 2.11. The molecule has 1 fully saturated rings. The molecule has 0 unspecified atom stereocenters. The van der Waals surface area contributed by atoms with Crippen molar-refractivity contribution in [3.63, 3.8) is 0 Å². The molecule has 0 atom stereocenters. The van der Waals surface area contributed by atoms with Gasteiger partial charge in [-0.1, -0.05) is 42.5 Å². The van der Waals surface area contributed by atoms with Crippen LogP contribution in [-0.4, -0.2) is 37.7 Å². The van der Waals surface area contributed by atoms with Gasteiger partial charge in [0, 0.05) is 31.0 Å². The van der Waals surface area contributed by atoms with E-state index >= 15 is 0 Å². The molecule has 0 N–H and O–H groups in total. The maximum atomic E-state index is 8.82. The first-order valence-corrected chi connectivity index (χ1v) is 12.5. The molecule has 0 spiro atoms. The van der Waals surface area contributed by atoms with Gasteiger partial charge in [0.25, 0.3) is 0 Å². The normalized spacial score (nSPS) is 13.3. The summed E-state index contributed by atoms with van der Waals surface area (Å²) in [7, 11) is 0. The second-order valence-corrected chi connectivity index (χ2v) is 8.78. The van der Waals surface area contributed by atoms with Crippen LogP contribution in [0.2, 0.25) is 0 Å². The van der Waals surface area contributed by atoms with Crippen molar-refractivity contribution in [2.75, 3.05) is 32.8 Å². The van der Waals surface area contributed by atoms with E-state index in [4.69, 9.17) is 19.5 Å². The van der Waals surface area contributed by atoms with Crippen LogP contribution in [0.15, 0.2) is 66.7 Å². The first kappa shape index (κ1) is 24.6. The molecule has 1 heterocycles. The van der Waals surface area contributed by atoms with Crippen molar-refractivity contribution in [3.8, 4) is 23.3 Å². The fourth-order valence-corrected chi connectivity index (χ4v) is 4.12. The van der Waals surface area contributed by atoms with Gasteiger partial charge in [-0.05, 0) is 67.7 Å². The van der Waals surface area contributed by atoms with Crippen LogP contribution < -0.4 is 14.2 Å². The number of hydrogen-bond donors (Lipinski definition) is 0. The zero-order valence-electron chi connectivity index (χ0n) is 20.2. The Morgan fingerprint density at radius 2 is 1.66 bits per heavy atom. The summed E-state index contributed by atoms with van der Waals surface area (Å²) < 4.78 is 17.9. The number of nitriles is 1. The average molecular weight is 470 g/mol. The fourth-order valence-electron chi connectivity index (χ4n) is 4.12. The molecular formula is C30H33N2O3. The number of rotatable bonds is 13. The number of benzene rings is 3. The number of ether oxygens (including phenoxy) is 3. The van der Waals surface area contributed by atoms with Crippen LogP contribution in [0, 0.1) is 17.4 Å². The van der Waals surface area contributed by atoms with Crippen LogP contribution in [0.5, 0.6) is 17.2 Å². The predicted octanol–water partition coefficient (Wildman–Crippen LogP) is 5.81. The van der Waals surface area contributed by atoms with E-state index < -0.39 is 0 Å². The summed E-state index contributed by atoms with van der Waals surface area (Å²) in [6.45, 7) is 5.06. The van der Waals surface area contributed by atoms with E-state index in [1.54, 1.807) is 0 Å². The summed E-state index contributed by atoms with van der Waals surface area (Å²) >= 11 is 0. The van der Waals surface area contributed by atoms with Crippen molar-refractivity contribution < 1.29 is 14.2 Å². The minimum atomic E-state index is 0.475. The number of unbranched alkanes of at least 4 members (excludes halogenated alkanes) is 1. The van der Waals surface area contributed by atoms with E-state index in [1.165, 1.54) is 25.9 Å². The molecule has 0 aliphatic carbocycles. The van der Waals surface area contributed by atoms with Gasteiger partial charge in [-0.3, -0.25) is 4.90 Å². The van der Waals surface area contributed by atoms with E-state index in [0.29, 0.717) is 32.5 Å². The molecule has 1 aliphatic heterocycles. The summed E-state index contributed by atoms with van der Waals surface area (Å²) in [5, 5.41) is 8.82. The van der Waals surface area contributed by atoms with Crippen molar-refractivity contribution in [2.45, 2.75) is 38.7 Å². The largest absolute Gasteiger partial charge is 0.493 e. The van der Waals surface area contributed by atoms with E-state index in [-0.39, 0.29) is 0 Å². The molecule has 35 heavy (non-hydrogen) atoms. The first-order chi connectivity index (χ1) is 17.3. The lowest BCUT2D eigenvalue weighted by Crippen LogP contribution is -2.25. The molecule has 0 amide bonds. The molecule has 3 aromatic rings. The zero-order chi connectivity index (χ0) is 24.1. The molecule has 5 nitrogen and oxygen atoms in total. The van der Waals surface area contributed by atoms with Crippen LogP contribution in [0.25, 0.3) is 0 Å². The van der Waals surface area contributed by atoms with Gasteiger partial charge in [0.1, 0.15) is 30.5 Å². The van der Waals surface area contributed by atoms with Gasteiger partial charge in [-0.15, -0.1) is 0 Å². The first-order valence-electron chi connectivity index (χ1n) is 12.5. The Morgan fingerprint density at radius 1 is 0.857 bits per heavy atom. The fraction of sp³-hybridized carbons (Fsp3) is 0.367. The van der Waals surface area contributed by atoms with Gasteiger partial charge in [0.05, 0.1) is 12.7 Å². The number of nitrogens with zero attached hydrogens (tertiary/aromatic N) is 2. The third-order valence-electron chi connectivity index (χ3n) is 6.08. The van der Waals surface area contributed by atoms with E-state index in [1.807, 2.05) is 54.6 Å². The Labute approximate surface area is 208 Å². The molecular weight excluding hydrogens is 436 g/mol. The lowest BCUT2D eigenvalue weighted by molar-refractivity contribution is 0.238.